The number of fused-ring (bicyclic) bond motifs is 3. The number of aromatic nitrogens is 3. The van der Waals surface area contributed by atoms with Crippen LogP contribution in [0.4, 0.5) is 4.39 Å². The Morgan fingerprint density at radius 3 is 2.92 bits per heavy atom. The van der Waals surface area contributed by atoms with Crippen LogP contribution < -0.4 is 4.74 Å². The topological polar surface area (TPSA) is 98.7 Å². The number of hydrogen-bond acceptors (Lipinski definition) is 7. The van der Waals surface area contributed by atoms with Gasteiger partial charge >= 0.3 is 0 Å². The first-order valence-corrected chi connectivity index (χ1v) is 13.3. The van der Waals surface area contributed by atoms with Crippen molar-refractivity contribution in [1.82, 2.24) is 15.0 Å². The Morgan fingerprint density at radius 2 is 2.05 bits per heavy atom. The summed E-state index contributed by atoms with van der Waals surface area (Å²) in [5.74, 6) is 0.799. The van der Waals surface area contributed by atoms with Gasteiger partial charge < -0.3 is 29.0 Å². The number of nitrogens with one attached hydrogen (secondary N) is 1. The average Bonchev–Trinajstić information content (AvgIpc) is 3.20. The summed E-state index contributed by atoms with van der Waals surface area (Å²) in [4.78, 5) is 12.3. The maximum absolute atomic E-state index is 15.3. The lowest BCUT2D eigenvalue weighted by molar-refractivity contribution is 0.00706. The van der Waals surface area contributed by atoms with Gasteiger partial charge in [0.05, 0.1) is 29.4 Å². The van der Waals surface area contributed by atoms with Gasteiger partial charge in [-0.05, 0) is 72.3 Å². The zero-order valence-corrected chi connectivity index (χ0v) is 21.2. The number of nitrogens with zero attached hydrogens (tertiary/aromatic N) is 2. The van der Waals surface area contributed by atoms with Gasteiger partial charge in [0.15, 0.2) is 11.8 Å². The van der Waals surface area contributed by atoms with E-state index in [1.807, 2.05) is 0 Å². The third kappa shape index (κ3) is 4.21. The summed E-state index contributed by atoms with van der Waals surface area (Å²) in [6.45, 7) is 1.27. The molecular weight excluding hydrogens is 501 g/mol. The predicted octanol–water partition coefficient (Wildman–Crippen LogP) is 3.68. The second-order valence-corrected chi connectivity index (χ2v) is 11.1. The molecular formula is C27H29ClFN3O5. The van der Waals surface area contributed by atoms with Gasteiger partial charge in [0.2, 0.25) is 0 Å². The molecule has 8 nitrogen and oxygen atoms in total. The van der Waals surface area contributed by atoms with Gasteiger partial charge in [-0.1, -0.05) is 17.7 Å². The first-order valence-electron chi connectivity index (χ1n) is 12.9. The molecule has 2 aliphatic heterocycles. The van der Waals surface area contributed by atoms with E-state index in [0.717, 1.165) is 42.6 Å². The van der Waals surface area contributed by atoms with E-state index >= 15 is 4.39 Å². The van der Waals surface area contributed by atoms with Gasteiger partial charge in [0.1, 0.15) is 24.1 Å². The number of rotatable bonds is 7. The van der Waals surface area contributed by atoms with Crippen LogP contribution in [-0.2, 0) is 27.1 Å². The number of aryl methyl sites for hydroxylation is 1. The highest BCUT2D eigenvalue weighted by Crippen LogP contribution is 2.49. The Labute approximate surface area is 218 Å². The second-order valence-electron chi connectivity index (χ2n) is 10.7. The fourth-order valence-corrected chi connectivity index (χ4v) is 6.59. The largest absolute Gasteiger partial charge is 0.456 e. The lowest BCUT2D eigenvalue weighted by Crippen LogP contribution is -2.34. The second kappa shape index (κ2) is 9.17. The maximum atomic E-state index is 15.3. The average molecular weight is 530 g/mol. The summed E-state index contributed by atoms with van der Waals surface area (Å²) in [5.41, 5.74) is 4.84. The molecule has 1 aromatic carbocycles. The quantitative estimate of drug-likeness (QED) is 0.482. The third-order valence-corrected chi connectivity index (χ3v) is 8.63. The van der Waals surface area contributed by atoms with E-state index in [-0.39, 0.29) is 36.7 Å². The highest BCUT2D eigenvalue weighted by Gasteiger charge is 2.48. The standard InChI is InChI=1S/C27H29ClFN3O5/c1-34-9-15-5-16(15)14-4-12-2-3-13(23(12)18(29)6-14)7-19-17(28)8-20-26(30-19)32-27(31-20)37-22-11-36-24-21(33)10-35-25(22)24/h4,6,8,13,15-16,21-22,24-25,33H,2-3,5,7,9-11H2,1H3,(H,30,31,32)/t13-,15?,16?,21-,22-,24-,25-/m1/s1. The molecule has 1 saturated carbocycles. The Bertz CT molecular complexity index is 1350. The van der Waals surface area contributed by atoms with E-state index in [1.165, 1.54) is 0 Å². The predicted molar refractivity (Wildman–Crippen MR) is 133 cm³/mol. The number of halogens is 2. The third-order valence-electron chi connectivity index (χ3n) is 8.30. The van der Waals surface area contributed by atoms with Crippen molar-refractivity contribution in [3.8, 4) is 6.01 Å². The van der Waals surface area contributed by atoms with Crippen molar-refractivity contribution in [3.05, 3.63) is 51.4 Å². The molecule has 7 rings (SSSR count). The number of ether oxygens (including phenoxy) is 4. The number of aromatic amines is 1. The smallest absolute Gasteiger partial charge is 0.296 e. The van der Waals surface area contributed by atoms with Crippen LogP contribution in [-0.4, -0.2) is 71.4 Å². The molecule has 3 aromatic rings. The van der Waals surface area contributed by atoms with Crippen molar-refractivity contribution in [1.29, 1.82) is 0 Å². The van der Waals surface area contributed by atoms with Crippen LogP contribution in [0.5, 0.6) is 6.01 Å². The summed E-state index contributed by atoms with van der Waals surface area (Å²) in [5, 5.41) is 10.5. The van der Waals surface area contributed by atoms with Gasteiger partial charge in [0.25, 0.3) is 6.01 Å². The number of aliphatic hydroxyl groups excluding tert-OH is 1. The van der Waals surface area contributed by atoms with Crippen LogP contribution in [0.2, 0.25) is 5.02 Å². The zero-order chi connectivity index (χ0) is 25.3. The number of aliphatic hydroxyl groups is 1. The molecule has 0 amide bonds. The van der Waals surface area contributed by atoms with Crippen LogP contribution in [0.1, 0.15) is 47.1 Å². The van der Waals surface area contributed by atoms with Crippen molar-refractivity contribution in [2.24, 2.45) is 5.92 Å². The Kier molecular flexibility index (Phi) is 5.89. The first-order chi connectivity index (χ1) is 18.0. The highest BCUT2D eigenvalue weighted by molar-refractivity contribution is 6.31. The number of H-pyrrole nitrogens is 1. The molecule has 2 aliphatic carbocycles. The SMILES string of the molecule is COCC1CC1c1cc(F)c2c(c1)CC[C@@H]2Cc1nc2nc(O[C@@H]3CO[C@H]4[C@@H]3OC[C@H]4O)[nH]c2cc1Cl. The number of hydrogen-bond donors (Lipinski definition) is 2. The minimum atomic E-state index is -0.643. The van der Waals surface area contributed by atoms with Crippen LogP contribution >= 0.6 is 11.6 Å². The van der Waals surface area contributed by atoms with Gasteiger partial charge in [-0.25, -0.2) is 9.37 Å². The molecule has 0 bridgehead atoms. The summed E-state index contributed by atoms with van der Waals surface area (Å²) in [6, 6.07) is 6.00. The molecule has 2 N–H and O–H groups in total. The summed E-state index contributed by atoms with van der Waals surface area (Å²) in [7, 11) is 1.71. The molecule has 10 heteroatoms. The fraction of sp³-hybridized carbons (Fsp3) is 0.556. The molecule has 196 valence electrons. The van der Waals surface area contributed by atoms with Gasteiger partial charge in [-0.2, -0.15) is 4.98 Å². The van der Waals surface area contributed by atoms with Crippen LogP contribution in [0.25, 0.3) is 11.2 Å². The molecule has 4 heterocycles. The van der Waals surface area contributed by atoms with E-state index in [2.05, 4.69) is 16.0 Å². The van der Waals surface area contributed by atoms with Gasteiger partial charge in [-0.3, -0.25) is 0 Å². The number of imidazole rings is 1. The fourth-order valence-electron chi connectivity index (χ4n) is 6.36. The lowest BCUT2D eigenvalue weighted by atomic mass is 9.93. The normalized spacial score (nSPS) is 32.2. The molecule has 2 aromatic heterocycles. The molecule has 3 fully saturated rings. The zero-order valence-electron chi connectivity index (χ0n) is 20.5. The van der Waals surface area contributed by atoms with Crippen molar-refractivity contribution < 1.29 is 28.4 Å². The Hall–Kier alpha value is -2.30. The highest BCUT2D eigenvalue weighted by atomic mass is 35.5. The number of methoxy groups -OCH3 is 1. The minimum Gasteiger partial charge on any atom is -0.456 e. The van der Waals surface area contributed by atoms with Crippen molar-refractivity contribution in [2.45, 2.75) is 61.9 Å². The Balaban J connectivity index is 1.09. The van der Waals surface area contributed by atoms with E-state index in [1.54, 1.807) is 19.2 Å². The van der Waals surface area contributed by atoms with Crippen LogP contribution in [0.15, 0.2) is 18.2 Å². The van der Waals surface area contributed by atoms with Crippen LogP contribution in [0.3, 0.4) is 0 Å². The van der Waals surface area contributed by atoms with Crippen molar-refractivity contribution in [2.75, 3.05) is 26.9 Å². The summed E-state index contributed by atoms with van der Waals surface area (Å²) in [6.07, 6.45) is 1.60. The first kappa shape index (κ1) is 23.8. The monoisotopic (exact) mass is 529 g/mol. The summed E-state index contributed by atoms with van der Waals surface area (Å²) < 4.78 is 37.8. The van der Waals surface area contributed by atoms with E-state index in [0.29, 0.717) is 52.8 Å². The van der Waals surface area contributed by atoms with Gasteiger partial charge in [-0.15, -0.1) is 0 Å². The van der Waals surface area contributed by atoms with Gasteiger partial charge in [0, 0.05) is 13.7 Å². The molecule has 37 heavy (non-hydrogen) atoms. The van der Waals surface area contributed by atoms with Crippen molar-refractivity contribution >= 4 is 22.8 Å². The molecule has 0 spiro atoms. The molecule has 2 unspecified atom stereocenters. The van der Waals surface area contributed by atoms with E-state index in [4.69, 9.17) is 35.5 Å². The molecule has 0 radical (unpaired) electrons. The lowest BCUT2D eigenvalue weighted by Gasteiger charge is -2.15. The summed E-state index contributed by atoms with van der Waals surface area (Å²) >= 11 is 6.61. The number of benzene rings is 1. The maximum Gasteiger partial charge on any atom is 0.296 e. The molecule has 4 aliphatic rings. The number of pyridine rings is 1. The minimum absolute atomic E-state index is 0.0219. The molecule has 7 atom stereocenters. The van der Waals surface area contributed by atoms with E-state index in [9.17, 15) is 5.11 Å². The van der Waals surface area contributed by atoms with E-state index < -0.39 is 6.10 Å². The molecule has 2 saturated heterocycles. The Morgan fingerprint density at radius 1 is 1.19 bits per heavy atom. The van der Waals surface area contributed by atoms with Crippen molar-refractivity contribution in [3.63, 3.8) is 0 Å². The van der Waals surface area contributed by atoms with Crippen LogP contribution in [0, 0.1) is 11.7 Å².